The Labute approximate surface area is 152 Å². The number of nitriles is 1. The van der Waals surface area contributed by atoms with Gasteiger partial charge in [0.05, 0.1) is 18.2 Å². The fourth-order valence-electron chi connectivity index (χ4n) is 2.73. The zero-order valence-electron chi connectivity index (χ0n) is 14.5. The van der Waals surface area contributed by atoms with Crippen molar-refractivity contribution in [2.75, 3.05) is 6.54 Å². The number of hydrogen-bond donors (Lipinski definition) is 0. The highest BCUT2D eigenvalue weighted by Gasteiger charge is 2.21. The molecule has 0 atom stereocenters. The van der Waals surface area contributed by atoms with E-state index < -0.39 is 0 Å². The van der Waals surface area contributed by atoms with E-state index in [4.69, 9.17) is 5.26 Å². The van der Waals surface area contributed by atoms with Crippen molar-refractivity contribution in [2.24, 2.45) is 7.05 Å². The van der Waals surface area contributed by atoms with Crippen LogP contribution in [0.2, 0.25) is 0 Å². The molecule has 0 N–H and O–H groups in total. The predicted octanol–water partition coefficient (Wildman–Crippen LogP) is 3.04. The molecule has 1 amide bonds. The van der Waals surface area contributed by atoms with Crippen molar-refractivity contribution in [1.29, 1.82) is 5.26 Å². The molecule has 0 aliphatic rings. The molecule has 130 valence electrons. The highest BCUT2D eigenvalue weighted by molar-refractivity contribution is 5.93. The first kappa shape index (κ1) is 17.4. The second-order valence-electron chi connectivity index (χ2n) is 5.90. The molecular formula is C20H19N5O. The van der Waals surface area contributed by atoms with Crippen molar-refractivity contribution in [3.8, 4) is 17.3 Å². The van der Waals surface area contributed by atoms with Crippen molar-refractivity contribution < 1.29 is 4.79 Å². The SMILES string of the molecule is Cn1nc(-c2ccccc2)cc1C(=O)N(CCC#N)Cc1cccnc1. The van der Waals surface area contributed by atoms with Crippen molar-refractivity contribution in [1.82, 2.24) is 19.7 Å². The van der Waals surface area contributed by atoms with Gasteiger partial charge in [-0.05, 0) is 17.7 Å². The van der Waals surface area contributed by atoms with Gasteiger partial charge in [0, 0.05) is 38.1 Å². The van der Waals surface area contributed by atoms with Gasteiger partial charge in [0.25, 0.3) is 5.91 Å². The summed E-state index contributed by atoms with van der Waals surface area (Å²) in [5, 5.41) is 13.4. The Balaban J connectivity index is 1.87. The molecule has 6 heteroatoms. The fraction of sp³-hybridized carbons (Fsp3) is 0.200. The summed E-state index contributed by atoms with van der Waals surface area (Å²) in [5.74, 6) is -0.152. The Kier molecular flexibility index (Phi) is 5.40. The number of hydrogen-bond acceptors (Lipinski definition) is 4. The van der Waals surface area contributed by atoms with Crippen molar-refractivity contribution in [2.45, 2.75) is 13.0 Å². The Bertz CT molecular complexity index is 912. The lowest BCUT2D eigenvalue weighted by atomic mass is 10.1. The van der Waals surface area contributed by atoms with Gasteiger partial charge in [-0.3, -0.25) is 14.5 Å². The molecule has 3 aromatic rings. The van der Waals surface area contributed by atoms with E-state index in [2.05, 4.69) is 16.2 Å². The van der Waals surface area contributed by atoms with Crippen LogP contribution in [0.5, 0.6) is 0 Å². The monoisotopic (exact) mass is 345 g/mol. The molecule has 0 fully saturated rings. The van der Waals surface area contributed by atoms with Crippen LogP contribution in [-0.2, 0) is 13.6 Å². The van der Waals surface area contributed by atoms with Gasteiger partial charge < -0.3 is 4.90 Å². The van der Waals surface area contributed by atoms with Gasteiger partial charge in [-0.2, -0.15) is 10.4 Å². The number of benzene rings is 1. The van der Waals surface area contributed by atoms with E-state index in [1.807, 2.05) is 42.5 Å². The number of amides is 1. The summed E-state index contributed by atoms with van der Waals surface area (Å²) in [7, 11) is 1.76. The van der Waals surface area contributed by atoms with E-state index in [-0.39, 0.29) is 12.3 Å². The quantitative estimate of drug-likeness (QED) is 0.688. The molecule has 0 unspecified atom stereocenters. The standard InChI is InChI=1S/C20H19N5O/c1-24-19(13-18(23-24)17-8-3-2-4-9-17)20(26)25(12-6-10-21)15-16-7-5-11-22-14-16/h2-5,7-9,11,13-14H,6,12,15H2,1H3. The first-order chi connectivity index (χ1) is 12.7. The summed E-state index contributed by atoms with van der Waals surface area (Å²) in [6.45, 7) is 0.760. The van der Waals surface area contributed by atoms with Crippen molar-refractivity contribution in [3.05, 3.63) is 72.2 Å². The predicted molar refractivity (Wildman–Crippen MR) is 97.9 cm³/mol. The maximum Gasteiger partial charge on any atom is 0.272 e. The first-order valence-electron chi connectivity index (χ1n) is 8.33. The lowest BCUT2D eigenvalue weighted by Crippen LogP contribution is -2.32. The number of nitrogens with zero attached hydrogens (tertiary/aromatic N) is 5. The molecule has 2 heterocycles. The Morgan fingerprint density at radius 1 is 1.23 bits per heavy atom. The van der Waals surface area contributed by atoms with Gasteiger partial charge in [-0.1, -0.05) is 36.4 Å². The lowest BCUT2D eigenvalue weighted by Gasteiger charge is -2.21. The van der Waals surface area contributed by atoms with Crippen LogP contribution < -0.4 is 0 Å². The number of pyridine rings is 1. The van der Waals surface area contributed by atoms with E-state index in [0.717, 1.165) is 16.8 Å². The van der Waals surface area contributed by atoms with E-state index in [0.29, 0.717) is 18.8 Å². The minimum Gasteiger partial charge on any atom is -0.332 e. The van der Waals surface area contributed by atoms with Crippen LogP contribution in [0.1, 0.15) is 22.5 Å². The fourth-order valence-corrected chi connectivity index (χ4v) is 2.73. The van der Waals surface area contributed by atoms with Gasteiger partial charge in [0.1, 0.15) is 5.69 Å². The minimum absolute atomic E-state index is 0.152. The van der Waals surface area contributed by atoms with Crippen LogP contribution in [0.4, 0.5) is 0 Å². The highest BCUT2D eigenvalue weighted by Crippen LogP contribution is 2.20. The normalized spacial score (nSPS) is 10.3. The van der Waals surface area contributed by atoms with Crippen LogP contribution in [0, 0.1) is 11.3 Å². The smallest absolute Gasteiger partial charge is 0.272 e. The Morgan fingerprint density at radius 3 is 2.73 bits per heavy atom. The molecule has 0 spiro atoms. The van der Waals surface area contributed by atoms with Gasteiger partial charge in [0.15, 0.2) is 0 Å². The zero-order valence-corrected chi connectivity index (χ0v) is 14.5. The first-order valence-corrected chi connectivity index (χ1v) is 8.33. The number of carbonyl (C=O) groups is 1. The van der Waals surface area contributed by atoms with E-state index in [1.54, 1.807) is 35.1 Å². The van der Waals surface area contributed by atoms with E-state index in [9.17, 15) is 4.79 Å². The van der Waals surface area contributed by atoms with Gasteiger partial charge in [0.2, 0.25) is 0 Å². The number of rotatable bonds is 6. The lowest BCUT2D eigenvalue weighted by molar-refractivity contribution is 0.0735. The molecule has 0 aliphatic heterocycles. The summed E-state index contributed by atoms with van der Waals surface area (Å²) in [5.41, 5.74) is 3.12. The summed E-state index contributed by atoms with van der Waals surface area (Å²) in [6.07, 6.45) is 3.69. The summed E-state index contributed by atoms with van der Waals surface area (Å²) < 4.78 is 1.59. The van der Waals surface area contributed by atoms with Crippen LogP contribution in [0.15, 0.2) is 60.9 Å². The molecule has 0 aliphatic carbocycles. The van der Waals surface area contributed by atoms with Crippen LogP contribution >= 0.6 is 0 Å². The zero-order chi connectivity index (χ0) is 18.4. The second kappa shape index (κ2) is 8.08. The van der Waals surface area contributed by atoms with Gasteiger partial charge in [-0.25, -0.2) is 0 Å². The second-order valence-corrected chi connectivity index (χ2v) is 5.90. The Hall–Kier alpha value is -3.46. The third-order valence-electron chi connectivity index (χ3n) is 4.05. The molecule has 3 rings (SSSR count). The van der Waals surface area contributed by atoms with E-state index in [1.165, 1.54) is 0 Å². The van der Waals surface area contributed by atoms with E-state index >= 15 is 0 Å². The molecule has 2 aromatic heterocycles. The molecular weight excluding hydrogens is 326 g/mol. The average Bonchev–Trinajstić information content (AvgIpc) is 3.08. The van der Waals surface area contributed by atoms with Gasteiger partial charge >= 0.3 is 0 Å². The van der Waals surface area contributed by atoms with Crippen LogP contribution in [0.25, 0.3) is 11.3 Å². The summed E-state index contributed by atoms with van der Waals surface area (Å²) in [4.78, 5) is 18.8. The van der Waals surface area contributed by atoms with Gasteiger partial charge in [-0.15, -0.1) is 0 Å². The molecule has 1 aromatic carbocycles. The third-order valence-corrected chi connectivity index (χ3v) is 4.05. The molecule has 0 bridgehead atoms. The van der Waals surface area contributed by atoms with Crippen LogP contribution in [-0.4, -0.2) is 32.1 Å². The average molecular weight is 345 g/mol. The van der Waals surface area contributed by atoms with Crippen molar-refractivity contribution in [3.63, 3.8) is 0 Å². The highest BCUT2D eigenvalue weighted by atomic mass is 16.2. The number of aromatic nitrogens is 3. The maximum absolute atomic E-state index is 13.1. The summed E-state index contributed by atoms with van der Waals surface area (Å²) in [6, 6.07) is 17.4. The maximum atomic E-state index is 13.1. The minimum atomic E-state index is -0.152. The number of carbonyl (C=O) groups excluding carboxylic acids is 1. The summed E-state index contributed by atoms with van der Waals surface area (Å²) >= 11 is 0. The molecule has 6 nitrogen and oxygen atoms in total. The molecule has 26 heavy (non-hydrogen) atoms. The molecule has 0 saturated carbocycles. The van der Waals surface area contributed by atoms with Crippen molar-refractivity contribution >= 4 is 5.91 Å². The third kappa shape index (κ3) is 3.95. The largest absolute Gasteiger partial charge is 0.332 e. The molecule has 0 radical (unpaired) electrons. The van der Waals surface area contributed by atoms with Crippen LogP contribution in [0.3, 0.4) is 0 Å². The number of aryl methyl sites for hydroxylation is 1. The Morgan fingerprint density at radius 2 is 2.04 bits per heavy atom. The molecule has 0 saturated heterocycles. The topological polar surface area (TPSA) is 74.8 Å².